The van der Waals surface area contributed by atoms with Crippen LogP contribution in [0, 0.1) is 11.8 Å². The number of rotatable bonds is 2. The summed E-state index contributed by atoms with van der Waals surface area (Å²) in [6.45, 7) is 1.17. The zero-order chi connectivity index (χ0) is 12.9. The first-order valence-electron chi connectivity index (χ1n) is 6.23. The molecule has 1 aromatic rings. The highest BCUT2D eigenvalue weighted by Crippen LogP contribution is 2.39. The second kappa shape index (κ2) is 4.04. The number of sulfonamides is 1. The molecule has 0 bridgehead atoms. The summed E-state index contributed by atoms with van der Waals surface area (Å²) in [5.74, 6) is 0.767. The van der Waals surface area contributed by atoms with Gasteiger partial charge in [-0.25, -0.2) is 8.42 Å². The molecule has 6 nitrogen and oxygen atoms in total. The predicted octanol–water partition coefficient (Wildman–Crippen LogP) is -0.222. The smallest absolute Gasteiger partial charge is 0.246 e. The minimum atomic E-state index is -3.39. The van der Waals surface area contributed by atoms with Crippen molar-refractivity contribution >= 4 is 10.0 Å². The highest BCUT2D eigenvalue weighted by molar-refractivity contribution is 7.89. The van der Waals surface area contributed by atoms with Gasteiger partial charge < -0.3 is 5.73 Å². The van der Waals surface area contributed by atoms with Crippen LogP contribution in [0.25, 0.3) is 0 Å². The lowest BCUT2D eigenvalue weighted by atomic mass is 9.98. The molecule has 7 heteroatoms. The summed E-state index contributed by atoms with van der Waals surface area (Å²) in [5, 5.41) is 3.93. The molecule has 1 saturated heterocycles. The molecule has 2 aliphatic rings. The van der Waals surface area contributed by atoms with Gasteiger partial charge in [0.25, 0.3) is 0 Å². The zero-order valence-electron chi connectivity index (χ0n) is 10.4. The minimum absolute atomic E-state index is 0.157. The topological polar surface area (TPSA) is 81.2 Å². The van der Waals surface area contributed by atoms with Gasteiger partial charge in [0.1, 0.15) is 4.90 Å². The van der Waals surface area contributed by atoms with Gasteiger partial charge >= 0.3 is 0 Å². The maximum Gasteiger partial charge on any atom is 0.246 e. The van der Waals surface area contributed by atoms with E-state index in [1.165, 1.54) is 10.9 Å². The van der Waals surface area contributed by atoms with E-state index in [0.717, 1.165) is 12.8 Å². The lowest BCUT2D eigenvalue weighted by Crippen LogP contribution is -2.33. The summed E-state index contributed by atoms with van der Waals surface area (Å²) in [5.41, 5.74) is 6.03. The first-order chi connectivity index (χ1) is 8.48. The number of nitrogens with zero attached hydrogens (tertiary/aromatic N) is 3. The second-order valence-corrected chi connectivity index (χ2v) is 7.27. The highest BCUT2D eigenvalue weighted by atomic mass is 32.2. The Bertz CT molecular complexity index is 553. The number of hydrogen-bond donors (Lipinski definition) is 1. The molecule has 2 N–H and O–H groups in total. The van der Waals surface area contributed by atoms with Crippen LogP contribution >= 0.6 is 0 Å². The number of aromatic nitrogens is 2. The van der Waals surface area contributed by atoms with Crippen LogP contribution in [0.3, 0.4) is 0 Å². The molecule has 0 spiro atoms. The van der Waals surface area contributed by atoms with E-state index in [0.29, 0.717) is 24.9 Å². The summed E-state index contributed by atoms with van der Waals surface area (Å²) in [7, 11) is -1.67. The highest BCUT2D eigenvalue weighted by Gasteiger charge is 2.45. The monoisotopic (exact) mass is 270 g/mol. The van der Waals surface area contributed by atoms with Gasteiger partial charge in [0.2, 0.25) is 10.0 Å². The Hall–Kier alpha value is -0.920. The number of fused-ring (bicyclic) bond motifs is 1. The molecule has 1 aliphatic heterocycles. The molecule has 3 atom stereocenters. The summed E-state index contributed by atoms with van der Waals surface area (Å²) >= 11 is 0. The van der Waals surface area contributed by atoms with Crippen molar-refractivity contribution in [3.8, 4) is 0 Å². The molecule has 2 heterocycles. The maximum atomic E-state index is 12.4. The number of aryl methyl sites for hydroxylation is 1. The molecule has 0 amide bonds. The van der Waals surface area contributed by atoms with Crippen molar-refractivity contribution < 1.29 is 8.42 Å². The molecule has 18 heavy (non-hydrogen) atoms. The van der Waals surface area contributed by atoms with Gasteiger partial charge in [-0.05, 0) is 24.7 Å². The Morgan fingerprint density at radius 2 is 2.17 bits per heavy atom. The second-order valence-electron chi connectivity index (χ2n) is 5.34. The molecule has 3 unspecified atom stereocenters. The van der Waals surface area contributed by atoms with Gasteiger partial charge in [-0.2, -0.15) is 9.40 Å². The Labute approximate surface area is 107 Å². The van der Waals surface area contributed by atoms with E-state index in [9.17, 15) is 8.42 Å². The third kappa shape index (κ3) is 1.77. The van der Waals surface area contributed by atoms with Crippen molar-refractivity contribution in [2.24, 2.45) is 24.6 Å². The van der Waals surface area contributed by atoms with Crippen molar-refractivity contribution in [2.75, 3.05) is 13.1 Å². The third-order valence-electron chi connectivity index (χ3n) is 4.20. The molecule has 1 aliphatic carbocycles. The first-order valence-corrected chi connectivity index (χ1v) is 7.67. The largest absolute Gasteiger partial charge is 0.327 e. The molecular formula is C11H18N4O2S. The van der Waals surface area contributed by atoms with Crippen LogP contribution in [0.4, 0.5) is 0 Å². The Morgan fingerprint density at radius 3 is 2.78 bits per heavy atom. The van der Waals surface area contributed by atoms with Crippen LogP contribution in [-0.2, 0) is 17.1 Å². The lowest BCUT2D eigenvalue weighted by molar-refractivity contribution is 0.427. The predicted molar refractivity (Wildman–Crippen MR) is 66.2 cm³/mol. The van der Waals surface area contributed by atoms with Gasteiger partial charge in [-0.15, -0.1) is 0 Å². The van der Waals surface area contributed by atoms with E-state index in [4.69, 9.17) is 5.73 Å². The van der Waals surface area contributed by atoms with Gasteiger partial charge in [-0.3, -0.25) is 4.68 Å². The molecule has 0 aromatic carbocycles. The maximum absolute atomic E-state index is 12.4. The Morgan fingerprint density at radius 1 is 1.39 bits per heavy atom. The molecule has 100 valence electrons. The number of hydrogen-bond acceptors (Lipinski definition) is 4. The molecule has 1 saturated carbocycles. The fourth-order valence-corrected chi connectivity index (χ4v) is 4.66. The lowest BCUT2D eigenvalue weighted by Gasteiger charge is -2.17. The van der Waals surface area contributed by atoms with Gasteiger partial charge in [0, 0.05) is 32.4 Å². The van der Waals surface area contributed by atoms with Gasteiger partial charge in [0.15, 0.2) is 0 Å². The van der Waals surface area contributed by atoms with Crippen LogP contribution in [-0.4, -0.2) is 41.6 Å². The van der Waals surface area contributed by atoms with Crippen molar-refractivity contribution in [3.05, 3.63) is 12.4 Å². The molecule has 3 rings (SSSR count). The normalized spacial score (nSPS) is 32.9. The SMILES string of the molecule is Cn1cc(S(=O)(=O)N2CC3CCC(N)C3C2)cn1. The fourth-order valence-electron chi connectivity index (χ4n) is 3.14. The quantitative estimate of drug-likeness (QED) is 0.805. The van der Waals surface area contributed by atoms with E-state index < -0.39 is 10.0 Å². The van der Waals surface area contributed by atoms with E-state index in [1.54, 1.807) is 17.5 Å². The van der Waals surface area contributed by atoms with Crippen LogP contribution in [0.1, 0.15) is 12.8 Å². The van der Waals surface area contributed by atoms with E-state index in [-0.39, 0.29) is 10.9 Å². The fraction of sp³-hybridized carbons (Fsp3) is 0.727. The molecule has 1 aromatic heterocycles. The van der Waals surface area contributed by atoms with Crippen molar-refractivity contribution in [1.82, 2.24) is 14.1 Å². The Kier molecular flexibility index (Phi) is 2.72. The van der Waals surface area contributed by atoms with Crippen LogP contribution in [0.15, 0.2) is 17.3 Å². The average Bonchev–Trinajstić information content (AvgIpc) is 2.96. The van der Waals surface area contributed by atoms with Crippen LogP contribution in [0.5, 0.6) is 0 Å². The molecular weight excluding hydrogens is 252 g/mol. The van der Waals surface area contributed by atoms with E-state index in [2.05, 4.69) is 5.10 Å². The minimum Gasteiger partial charge on any atom is -0.327 e. The molecule has 2 fully saturated rings. The zero-order valence-corrected chi connectivity index (χ0v) is 11.2. The number of nitrogens with two attached hydrogens (primary N) is 1. The summed E-state index contributed by atoms with van der Waals surface area (Å²) in [6.07, 6.45) is 5.02. The van der Waals surface area contributed by atoms with Gasteiger partial charge in [-0.1, -0.05) is 0 Å². The van der Waals surface area contributed by atoms with Crippen LogP contribution < -0.4 is 5.73 Å². The van der Waals surface area contributed by atoms with Crippen molar-refractivity contribution in [2.45, 2.75) is 23.8 Å². The summed E-state index contributed by atoms with van der Waals surface area (Å²) in [4.78, 5) is 0.276. The van der Waals surface area contributed by atoms with Crippen LogP contribution in [0.2, 0.25) is 0 Å². The molecule has 0 radical (unpaired) electrons. The summed E-state index contributed by atoms with van der Waals surface area (Å²) in [6, 6.07) is 0.157. The summed E-state index contributed by atoms with van der Waals surface area (Å²) < 4.78 is 27.9. The van der Waals surface area contributed by atoms with Crippen molar-refractivity contribution in [1.29, 1.82) is 0 Å². The first kappa shape index (κ1) is 12.1. The van der Waals surface area contributed by atoms with E-state index >= 15 is 0 Å². The van der Waals surface area contributed by atoms with Gasteiger partial charge in [0.05, 0.1) is 6.20 Å². The van der Waals surface area contributed by atoms with E-state index in [1.807, 2.05) is 0 Å². The van der Waals surface area contributed by atoms with Crippen molar-refractivity contribution in [3.63, 3.8) is 0 Å². The average molecular weight is 270 g/mol. The third-order valence-corrected chi connectivity index (χ3v) is 5.98. The standard InChI is InChI=1S/C11H18N4O2S/c1-14-6-9(4-13-14)18(16,17)15-5-8-2-3-11(12)10(8)7-15/h4,6,8,10-11H,2-3,5,7,12H2,1H3. The Balaban J connectivity index is 1.84.